The zero-order chi connectivity index (χ0) is 4.83. The molecule has 0 aromatic carbocycles. The van der Waals surface area contributed by atoms with Crippen LogP contribution in [0.2, 0.25) is 6.32 Å². The van der Waals surface area contributed by atoms with Gasteiger partial charge in [-0.2, -0.15) is 0 Å². The van der Waals surface area contributed by atoms with Gasteiger partial charge in [0.05, 0.1) is 7.85 Å². The topological polar surface area (TPSA) is 12.0 Å². The minimum Gasteiger partial charge on any atom is -0.267 e. The van der Waals surface area contributed by atoms with Gasteiger partial charge < -0.3 is 0 Å². The Bertz CT molecular complexity index is 22.8. The fourth-order valence-electron chi connectivity index (χ4n) is 0.161. The van der Waals surface area contributed by atoms with Crippen molar-refractivity contribution in [2.75, 3.05) is 12.8 Å². The van der Waals surface area contributed by atoms with Crippen LogP contribution in [0, 0.1) is 0 Å². The smallest absolute Gasteiger partial charge is 0.0664 e. The van der Waals surface area contributed by atoms with E-state index >= 15 is 0 Å². The van der Waals surface area contributed by atoms with Crippen molar-refractivity contribution in [1.82, 2.24) is 4.72 Å². The summed E-state index contributed by atoms with van der Waals surface area (Å²) >= 11 is 1.63. The molecule has 0 atom stereocenters. The van der Waals surface area contributed by atoms with E-state index in [4.69, 9.17) is 7.85 Å². The highest BCUT2D eigenvalue weighted by atomic mass is 32.2. The Hall–Kier alpha value is 0.375. The molecule has 0 aromatic heterocycles. The average Bonchev–Trinajstić information content (AvgIpc) is 1.61. The number of hydrogen-bond donors (Lipinski definition) is 1. The fraction of sp³-hybridized carbons (Fsp3) is 1.00. The maximum Gasteiger partial charge on any atom is 0.0664 e. The van der Waals surface area contributed by atoms with Crippen molar-refractivity contribution in [2.24, 2.45) is 0 Å². The molecule has 0 aliphatic rings. The van der Waals surface area contributed by atoms with E-state index in [2.05, 4.69) is 4.72 Å². The lowest BCUT2D eigenvalue weighted by Crippen LogP contribution is -1.92. The van der Waals surface area contributed by atoms with E-state index in [1.807, 2.05) is 7.05 Å². The summed E-state index contributed by atoms with van der Waals surface area (Å²) < 4.78 is 2.91. The summed E-state index contributed by atoms with van der Waals surface area (Å²) in [6.45, 7) is 0. The highest BCUT2D eigenvalue weighted by Crippen LogP contribution is 1.90. The molecule has 0 spiro atoms. The maximum atomic E-state index is 5.15. The molecule has 0 heterocycles. The van der Waals surface area contributed by atoms with Crippen LogP contribution < -0.4 is 4.72 Å². The van der Waals surface area contributed by atoms with Crippen LogP contribution in [0.4, 0.5) is 0 Å². The van der Waals surface area contributed by atoms with Crippen molar-refractivity contribution in [3.05, 3.63) is 0 Å². The third kappa shape index (κ3) is 4.37. The van der Waals surface area contributed by atoms with Gasteiger partial charge >= 0.3 is 0 Å². The number of hydrogen-bond acceptors (Lipinski definition) is 2. The molecule has 0 saturated heterocycles. The van der Waals surface area contributed by atoms with Gasteiger partial charge in [-0.1, -0.05) is 18.3 Å². The normalized spacial score (nSPS) is 8.83. The lowest BCUT2D eigenvalue weighted by atomic mass is 10.1. The quantitative estimate of drug-likeness (QED) is 0.314. The van der Waals surface area contributed by atoms with Crippen LogP contribution in [0.1, 0.15) is 0 Å². The molecule has 34 valence electrons. The molecule has 0 aromatic rings. The molecule has 0 saturated carbocycles. The van der Waals surface area contributed by atoms with Crippen molar-refractivity contribution >= 4 is 19.8 Å². The Morgan fingerprint density at radius 2 is 2.50 bits per heavy atom. The second kappa shape index (κ2) is 5.37. The molecule has 0 amide bonds. The standard InChI is InChI=1S/C3H8BNS/c1-5-6-3-2-4/h5H,2-3H2,1H3. The van der Waals surface area contributed by atoms with E-state index in [-0.39, 0.29) is 0 Å². The van der Waals surface area contributed by atoms with Gasteiger partial charge in [0.1, 0.15) is 0 Å². The lowest BCUT2D eigenvalue weighted by Gasteiger charge is -1.89. The molecule has 1 nitrogen and oxygen atoms in total. The molecule has 0 rings (SSSR count). The van der Waals surface area contributed by atoms with Crippen LogP contribution in [0.25, 0.3) is 0 Å². The second-order valence-corrected chi connectivity index (χ2v) is 1.95. The van der Waals surface area contributed by atoms with Gasteiger partial charge in [0, 0.05) is 5.75 Å². The first-order valence-corrected chi connectivity index (χ1v) is 2.89. The van der Waals surface area contributed by atoms with E-state index in [0.29, 0.717) is 0 Å². The van der Waals surface area contributed by atoms with E-state index < -0.39 is 0 Å². The summed E-state index contributed by atoms with van der Waals surface area (Å²) in [5.74, 6) is 0.997. The number of nitrogens with one attached hydrogen (secondary N) is 1. The van der Waals surface area contributed by atoms with Crippen molar-refractivity contribution in [2.45, 2.75) is 6.32 Å². The maximum absolute atomic E-state index is 5.15. The zero-order valence-corrected chi connectivity index (χ0v) is 4.72. The van der Waals surface area contributed by atoms with Crippen LogP contribution in [0.3, 0.4) is 0 Å². The van der Waals surface area contributed by atoms with Crippen LogP contribution in [-0.2, 0) is 0 Å². The Morgan fingerprint density at radius 3 is 2.67 bits per heavy atom. The first-order chi connectivity index (χ1) is 2.91. The van der Waals surface area contributed by atoms with Gasteiger partial charge in [-0.15, -0.1) is 0 Å². The highest BCUT2D eigenvalue weighted by Gasteiger charge is 1.73. The minimum absolute atomic E-state index is 0.755. The predicted octanol–water partition coefficient (Wildman–Crippen LogP) is 0.441. The lowest BCUT2D eigenvalue weighted by molar-refractivity contribution is 1.28. The second-order valence-electron chi connectivity index (χ2n) is 0.841. The Kier molecular flexibility index (Phi) is 5.71. The Balaban J connectivity index is 2.34. The first kappa shape index (κ1) is 6.37. The Labute approximate surface area is 44.4 Å². The highest BCUT2D eigenvalue weighted by molar-refractivity contribution is 7.97. The van der Waals surface area contributed by atoms with E-state index in [0.717, 1.165) is 12.1 Å². The van der Waals surface area contributed by atoms with Crippen LogP contribution >= 0.6 is 11.9 Å². The molecular formula is C3H8BNS. The van der Waals surface area contributed by atoms with E-state index in [1.165, 1.54) is 0 Å². The summed E-state index contributed by atoms with van der Waals surface area (Å²) in [6.07, 6.45) is 0.755. The summed E-state index contributed by atoms with van der Waals surface area (Å²) in [6, 6.07) is 0. The number of rotatable bonds is 3. The predicted molar refractivity (Wildman–Crippen MR) is 32.1 cm³/mol. The minimum atomic E-state index is 0.755. The summed E-state index contributed by atoms with van der Waals surface area (Å²) in [5, 5.41) is 0. The molecule has 6 heavy (non-hydrogen) atoms. The fourth-order valence-corrected chi connectivity index (χ4v) is 0.483. The van der Waals surface area contributed by atoms with Crippen molar-refractivity contribution in [3.63, 3.8) is 0 Å². The summed E-state index contributed by atoms with van der Waals surface area (Å²) in [7, 11) is 7.04. The first-order valence-electron chi connectivity index (χ1n) is 1.90. The van der Waals surface area contributed by atoms with Gasteiger partial charge in [0.25, 0.3) is 0 Å². The summed E-state index contributed by atoms with van der Waals surface area (Å²) in [4.78, 5) is 0. The summed E-state index contributed by atoms with van der Waals surface area (Å²) in [5.41, 5.74) is 0. The van der Waals surface area contributed by atoms with Crippen LogP contribution in [0.15, 0.2) is 0 Å². The van der Waals surface area contributed by atoms with Crippen LogP contribution in [-0.4, -0.2) is 20.6 Å². The largest absolute Gasteiger partial charge is 0.267 e. The van der Waals surface area contributed by atoms with Crippen molar-refractivity contribution in [1.29, 1.82) is 0 Å². The molecule has 1 N–H and O–H groups in total. The molecule has 0 fully saturated rings. The van der Waals surface area contributed by atoms with Gasteiger partial charge in [0.15, 0.2) is 0 Å². The third-order valence-electron chi connectivity index (χ3n) is 0.364. The molecule has 0 unspecified atom stereocenters. The molecule has 3 heteroatoms. The van der Waals surface area contributed by atoms with E-state index in [1.54, 1.807) is 11.9 Å². The van der Waals surface area contributed by atoms with Gasteiger partial charge in [0.2, 0.25) is 0 Å². The van der Waals surface area contributed by atoms with Crippen LogP contribution in [0.5, 0.6) is 0 Å². The average molecular weight is 101 g/mol. The molecule has 0 aliphatic carbocycles. The zero-order valence-electron chi connectivity index (χ0n) is 3.90. The molecule has 0 bridgehead atoms. The van der Waals surface area contributed by atoms with Crippen molar-refractivity contribution in [3.8, 4) is 0 Å². The van der Waals surface area contributed by atoms with E-state index in [9.17, 15) is 0 Å². The monoisotopic (exact) mass is 101 g/mol. The molecule has 2 radical (unpaired) electrons. The molecule has 0 aliphatic heterocycles. The van der Waals surface area contributed by atoms with Crippen molar-refractivity contribution < 1.29 is 0 Å². The van der Waals surface area contributed by atoms with Gasteiger partial charge in [-0.25, -0.2) is 0 Å². The third-order valence-corrected chi connectivity index (χ3v) is 1.09. The van der Waals surface area contributed by atoms with Gasteiger partial charge in [-0.3, -0.25) is 4.72 Å². The van der Waals surface area contributed by atoms with Gasteiger partial charge in [-0.05, 0) is 7.05 Å². The Morgan fingerprint density at radius 1 is 1.83 bits per heavy atom. The SMILES string of the molecule is [B]CCSNC. The molecular weight excluding hydrogens is 92.9 g/mol.